The Morgan fingerprint density at radius 1 is 0.893 bits per heavy atom. The first-order valence-electron chi connectivity index (χ1n) is 10.5. The van der Waals surface area contributed by atoms with Gasteiger partial charge in [0.25, 0.3) is 0 Å². The number of nitrogens with zero attached hydrogens (tertiary/aromatic N) is 3. The molecule has 0 amide bonds. The smallest absolute Gasteiger partial charge is 0.137 e. The molecular formula is C24H33N3O. The summed E-state index contributed by atoms with van der Waals surface area (Å²) in [5.41, 5.74) is 2.37. The van der Waals surface area contributed by atoms with Crippen molar-refractivity contribution >= 4 is 11.5 Å². The van der Waals surface area contributed by atoms with Crippen LogP contribution in [-0.4, -0.2) is 68.4 Å². The number of ketones is 1. The normalized spacial score (nSPS) is 15.5. The van der Waals surface area contributed by atoms with Crippen LogP contribution in [-0.2, 0) is 11.2 Å². The van der Waals surface area contributed by atoms with Crippen molar-refractivity contribution in [1.29, 1.82) is 0 Å². The van der Waals surface area contributed by atoms with Gasteiger partial charge in [-0.1, -0.05) is 48.5 Å². The molecule has 0 atom stereocenters. The molecule has 0 unspecified atom stereocenters. The highest BCUT2D eigenvalue weighted by Gasteiger charge is 2.15. The molecule has 0 bridgehead atoms. The summed E-state index contributed by atoms with van der Waals surface area (Å²) >= 11 is 0. The minimum absolute atomic E-state index is 0.332. The molecule has 2 aromatic rings. The van der Waals surface area contributed by atoms with Gasteiger partial charge in [0.05, 0.1) is 0 Å². The van der Waals surface area contributed by atoms with Crippen LogP contribution in [0.3, 0.4) is 0 Å². The van der Waals surface area contributed by atoms with E-state index in [0.29, 0.717) is 18.6 Å². The van der Waals surface area contributed by atoms with Gasteiger partial charge >= 0.3 is 0 Å². The van der Waals surface area contributed by atoms with E-state index >= 15 is 0 Å². The Hall–Kier alpha value is -2.17. The number of rotatable bonds is 10. The fourth-order valence-corrected chi connectivity index (χ4v) is 3.72. The second-order valence-corrected chi connectivity index (χ2v) is 7.77. The zero-order valence-electron chi connectivity index (χ0n) is 17.1. The van der Waals surface area contributed by atoms with Gasteiger partial charge in [-0.2, -0.15) is 0 Å². The van der Waals surface area contributed by atoms with E-state index in [1.807, 2.05) is 30.3 Å². The van der Waals surface area contributed by atoms with Gasteiger partial charge < -0.3 is 9.80 Å². The number of piperazine rings is 1. The summed E-state index contributed by atoms with van der Waals surface area (Å²) < 4.78 is 0. The average Bonchev–Trinajstić information content (AvgIpc) is 2.73. The van der Waals surface area contributed by atoms with Crippen LogP contribution in [0.1, 0.15) is 18.4 Å². The Bertz CT molecular complexity index is 696. The third kappa shape index (κ3) is 6.77. The van der Waals surface area contributed by atoms with Crippen molar-refractivity contribution in [2.75, 3.05) is 57.8 Å². The highest BCUT2D eigenvalue weighted by molar-refractivity contribution is 5.80. The maximum atomic E-state index is 12.3. The quantitative estimate of drug-likeness (QED) is 0.633. The number of hydrogen-bond acceptors (Lipinski definition) is 4. The van der Waals surface area contributed by atoms with Crippen LogP contribution >= 0.6 is 0 Å². The minimum Gasteiger partial charge on any atom is -0.370 e. The molecule has 4 heteroatoms. The molecule has 0 aromatic heterocycles. The van der Waals surface area contributed by atoms with Crippen LogP contribution in [0.4, 0.5) is 5.69 Å². The number of likely N-dealkylation sites (N-methyl/N-ethyl adjacent to an activating group) is 1. The summed E-state index contributed by atoms with van der Waals surface area (Å²) in [5.74, 6) is 0.332. The van der Waals surface area contributed by atoms with Crippen LogP contribution in [0.2, 0.25) is 0 Å². The molecule has 1 saturated heterocycles. The number of anilines is 1. The van der Waals surface area contributed by atoms with Crippen LogP contribution in [0.5, 0.6) is 0 Å². The Morgan fingerprint density at radius 2 is 1.54 bits per heavy atom. The second kappa shape index (κ2) is 11.0. The Morgan fingerprint density at radius 3 is 2.21 bits per heavy atom. The molecule has 1 aliphatic heterocycles. The highest BCUT2D eigenvalue weighted by Crippen LogP contribution is 2.15. The molecular weight excluding hydrogens is 346 g/mol. The predicted octanol–water partition coefficient (Wildman–Crippen LogP) is 3.33. The van der Waals surface area contributed by atoms with E-state index in [1.165, 1.54) is 5.69 Å². The van der Waals surface area contributed by atoms with Crippen molar-refractivity contribution in [3.8, 4) is 0 Å². The zero-order chi connectivity index (χ0) is 19.6. The third-order valence-electron chi connectivity index (χ3n) is 5.53. The molecule has 1 aliphatic rings. The number of carbonyl (C=O) groups is 1. The van der Waals surface area contributed by atoms with Gasteiger partial charge in [0.1, 0.15) is 5.78 Å². The molecule has 0 spiro atoms. The first-order chi connectivity index (χ1) is 13.7. The Kier molecular flexibility index (Phi) is 8.07. The average molecular weight is 380 g/mol. The predicted molar refractivity (Wildman–Crippen MR) is 117 cm³/mol. The SMILES string of the molecule is CN1CCN(CCN(CCCC(=O)Cc2ccccc2)c2ccccc2)CC1. The molecule has 0 N–H and O–H groups in total. The largest absolute Gasteiger partial charge is 0.370 e. The van der Waals surface area contributed by atoms with Gasteiger partial charge in [0, 0.05) is 64.3 Å². The number of Topliss-reactive ketones (excluding diaryl/α,β-unsaturated/α-hetero) is 1. The molecule has 1 fully saturated rings. The van der Waals surface area contributed by atoms with Gasteiger partial charge in [-0.3, -0.25) is 9.69 Å². The van der Waals surface area contributed by atoms with E-state index in [9.17, 15) is 4.79 Å². The minimum atomic E-state index is 0.332. The summed E-state index contributed by atoms with van der Waals surface area (Å²) in [7, 11) is 2.19. The zero-order valence-corrected chi connectivity index (χ0v) is 17.1. The maximum absolute atomic E-state index is 12.3. The molecule has 1 heterocycles. The van der Waals surface area contributed by atoms with Crippen molar-refractivity contribution in [3.63, 3.8) is 0 Å². The van der Waals surface area contributed by atoms with Crippen molar-refractivity contribution in [3.05, 3.63) is 66.2 Å². The van der Waals surface area contributed by atoms with Gasteiger partial charge in [0.2, 0.25) is 0 Å². The van der Waals surface area contributed by atoms with Crippen LogP contribution in [0.25, 0.3) is 0 Å². The van der Waals surface area contributed by atoms with Crippen molar-refractivity contribution in [2.45, 2.75) is 19.3 Å². The van der Waals surface area contributed by atoms with Crippen LogP contribution in [0.15, 0.2) is 60.7 Å². The number of carbonyl (C=O) groups excluding carboxylic acids is 1. The van der Waals surface area contributed by atoms with Crippen molar-refractivity contribution in [2.24, 2.45) is 0 Å². The van der Waals surface area contributed by atoms with E-state index in [2.05, 4.69) is 52.1 Å². The molecule has 0 radical (unpaired) electrons. The molecule has 3 rings (SSSR count). The lowest BCUT2D eigenvalue weighted by molar-refractivity contribution is -0.118. The summed E-state index contributed by atoms with van der Waals surface area (Å²) in [5, 5.41) is 0. The Balaban J connectivity index is 1.47. The number of para-hydroxylation sites is 1. The van der Waals surface area contributed by atoms with E-state index < -0.39 is 0 Å². The molecule has 0 saturated carbocycles. The summed E-state index contributed by atoms with van der Waals surface area (Å²) in [6.07, 6.45) is 2.10. The highest BCUT2D eigenvalue weighted by atomic mass is 16.1. The summed E-state index contributed by atoms with van der Waals surface area (Å²) in [6, 6.07) is 20.7. The van der Waals surface area contributed by atoms with Crippen LogP contribution < -0.4 is 4.90 Å². The van der Waals surface area contributed by atoms with Crippen LogP contribution in [0, 0.1) is 0 Å². The van der Waals surface area contributed by atoms with Crippen molar-refractivity contribution in [1.82, 2.24) is 9.80 Å². The summed E-state index contributed by atoms with van der Waals surface area (Å²) in [4.78, 5) is 19.7. The second-order valence-electron chi connectivity index (χ2n) is 7.77. The molecule has 0 aliphatic carbocycles. The first-order valence-corrected chi connectivity index (χ1v) is 10.5. The summed E-state index contributed by atoms with van der Waals surface area (Å²) in [6.45, 7) is 7.63. The van der Waals surface area contributed by atoms with E-state index in [1.54, 1.807) is 0 Å². The molecule has 4 nitrogen and oxygen atoms in total. The topological polar surface area (TPSA) is 26.8 Å². The fraction of sp³-hybridized carbons (Fsp3) is 0.458. The van der Waals surface area contributed by atoms with E-state index in [-0.39, 0.29) is 0 Å². The standard InChI is InChI=1S/C24H33N3O/c1-25-15-17-26(18-16-25)19-20-27(23-11-6-3-7-12-23)14-8-13-24(28)21-22-9-4-2-5-10-22/h2-7,9-12H,8,13-21H2,1H3. The van der Waals surface area contributed by atoms with E-state index in [0.717, 1.165) is 57.8 Å². The van der Waals surface area contributed by atoms with Gasteiger partial charge in [-0.05, 0) is 31.2 Å². The molecule has 150 valence electrons. The third-order valence-corrected chi connectivity index (χ3v) is 5.53. The van der Waals surface area contributed by atoms with Gasteiger partial charge in [-0.25, -0.2) is 0 Å². The number of benzene rings is 2. The van der Waals surface area contributed by atoms with Gasteiger partial charge in [-0.15, -0.1) is 0 Å². The number of hydrogen-bond donors (Lipinski definition) is 0. The fourth-order valence-electron chi connectivity index (χ4n) is 3.72. The lowest BCUT2D eigenvalue weighted by atomic mass is 10.1. The maximum Gasteiger partial charge on any atom is 0.137 e. The van der Waals surface area contributed by atoms with Crippen molar-refractivity contribution < 1.29 is 4.79 Å². The monoisotopic (exact) mass is 379 g/mol. The van der Waals surface area contributed by atoms with E-state index in [4.69, 9.17) is 0 Å². The molecule has 28 heavy (non-hydrogen) atoms. The Labute approximate surface area is 169 Å². The van der Waals surface area contributed by atoms with Gasteiger partial charge in [0.15, 0.2) is 0 Å². The lowest BCUT2D eigenvalue weighted by Crippen LogP contribution is -2.47. The first kappa shape index (κ1) is 20.6. The molecule has 2 aromatic carbocycles. The lowest BCUT2D eigenvalue weighted by Gasteiger charge is -2.34.